The summed E-state index contributed by atoms with van der Waals surface area (Å²) in [5.74, 6) is 1.09. The van der Waals surface area contributed by atoms with Crippen molar-refractivity contribution in [3.05, 3.63) is 87.3 Å². The Hall–Kier alpha value is -3.22. The summed E-state index contributed by atoms with van der Waals surface area (Å²) in [5.41, 5.74) is 4.61. The quantitative estimate of drug-likeness (QED) is 0.361. The zero-order valence-electron chi connectivity index (χ0n) is 18.9. The molecule has 0 saturated carbocycles. The van der Waals surface area contributed by atoms with E-state index < -0.39 is 0 Å². The third-order valence-electron chi connectivity index (χ3n) is 5.79. The van der Waals surface area contributed by atoms with E-state index in [0.717, 1.165) is 35.3 Å². The number of aryl methyl sites for hydroxylation is 2. The van der Waals surface area contributed by atoms with Gasteiger partial charge >= 0.3 is 0 Å². The SMILES string of the molecule is CCc1ccccc1N=C1SC(=Cc2cc3c(cc2Cl)OCO3)C(=O)N1c1ccccc1CC. The van der Waals surface area contributed by atoms with Crippen LogP contribution in [-0.4, -0.2) is 17.9 Å². The van der Waals surface area contributed by atoms with Crippen LogP contribution < -0.4 is 14.4 Å². The van der Waals surface area contributed by atoms with Crippen LogP contribution in [0.5, 0.6) is 11.5 Å². The number of benzene rings is 3. The molecule has 1 fully saturated rings. The largest absolute Gasteiger partial charge is 0.454 e. The van der Waals surface area contributed by atoms with Gasteiger partial charge < -0.3 is 9.47 Å². The van der Waals surface area contributed by atoms with E-state index in [0.29, 0.717) is 32.2 Å². The molecule has 0 aliphatic carbocycles. The van der Waals surface area contributed by atoms with Crippen LogP contribution >= 0.6 is 23.4 Å². The Bertz CT molecular complexity index is 1340. The highest BCUT2D eigenvalue weighted by Gasteiger charge is 2.36. The van der Waals surface area contributed by atoms with Crippen molar-refractivity contribution < 1.29 is 14.3 Å². The fraction of sp³-hybridized carbons (Fsp3) is 0.185. The number of nitrogens with zero attached hydrogens (tertiary/aromatic N) is 2. The molecule has 172 valence electrons. The van der Waals surface area contributed by atoms with Gasteiger partial charge in [-0.3, -0.25) is 9.69 Å². The summed E-state index contributed by atoms with van der Waals surface area (Å²) in [4.78, 5) is 20.9. The molecule has 5 nitrogen and oxygen atoms in total. The first-order chi connectivity index (χ1) is 16.6. The zero-order valence-corrected chi connectivity index (χ0v) is 20.4. The molecular weight excluding hydrogens is 468 g/mol. The van der Waals surface area contributed by atoms with Crippen molar-refractivity contribution >= 4 is 51.9 Å². The Morgan fingerprint density at radius 1 is 1.00 bits per heavy atom. The van der Waals surface area contributed by atoms with Crippen molar-refractivity contribution in [3.8, 4) is 11.5 Å². The molecule has 0 spiro atoms. The normalized spacial score (nSPS) is 17.3. The maximum atomic E-state index is 13.7. The van der Waals surface area contributed by atoms with Crippen molar-refractivity contribution in [2.75, 3.05) is 11.7 Å². The number of hydrogen-bond donors (Lipinski definition) is 0. The lowest BCUT2D eigenvalue weighted by molar-refractivity contribution is -0.113. The van der Waals surface area contributed by atoms with Crippen LogP contribution in [0.3, 0.4) is 0 Å². The average Bonchev–Trinajstić information content (AvgIpc) is 3.43. The highest BCUT2D eigenvalue weighted by atomic mass is 35.5. The fourth-order valence-electron chi connectivity index (χ4n) is 4.00. The summed E-state index contributed by atoms with van der Waals surface area (Å²) >= 11 is 7.84. The highest BCUT2D eigenvalue weighted by molar-refractivity contribution is 8.19. The first-order valence-corrected chi connectivity index (χ1v) is 12.4. The van der Waals surface area contributed by atoms with Crippen LogP contribution in [-0.2, 0) is 17.6 Å². The molecule has 34 heavy (non-hydrogen) atoms. The van der Waals surface area contributed by atoms with Crippen LogP contribution in [0, 0.1) is 0 Å². The van der Waals surface area contributed by atoms with Gasteiger partial charge in [-0.05, 0) is 65.6 Å². The van der Waals surface area contributed by atoms with Crippen molar-refractivity contribution in [2.45, 2.75) is 26.7 Å². The lowest BCUT2D eigenvalue weighted by Crippen LogP contribution is -2.29. The van der Waals surface area contributed by atoms with Gasteiger partial charge in [-0.2, -0.15) is 0 Å². The Morgan fingerprint density at radius 2 is 1.68 bits per heavy atom. The van der Waals surface area contributed by atoms with Crippen molar-refractivity contribution in [2.24, 2.45) is 4.99 Å². The molecule has 7 heteroatoms. The number of aliphatic imine (C=N–C) groups is 1. The predicted molar refractivity (Wildman–Crippen MR) is 139 cm³/mol. The van der Waals surface area contributed by atoms with E-state index in [1.807, 2.05) is 42.5 Å². The number of amides is 1. The molecule has 2 heterocycles. The number of thioether (sulfide) groups is 1. The number of hydrogen-bond acceptors (Lipinski definition) is 5. The first-order valence-electron chi connectivity index (χ1n) is 11.2. The molecule has 1 amide bonds. The maximum absolute atomic E-state index is 13.7. The number of halogens is 1. The monoisotopic (exact) mass is 490 g/mol. The van der Waals surface area contributed by atoms with Crippen molar-refractivity contribution in [3.63, 3.8) is 0 Å². The van der Waals surface area contributed by atoms with Gasteiger partial charge in [0.2, 0.25) is 6.79 Å². The van der Waals surface area contributed by atoms with E-state index in [2.05, 4.69) is 19.9 Å². The van der Waals surface area contributed by atoms with Gasteiger partial charge in [-0.25, -0.2) is 4.99 Å². The Morgan fingerprint density at radius 3 is 2.44 bits per heavy atom. The summed E-state index contributed by atoms with van der Waals surface area (Å²) in [5, 5.41) is 1.11. The molecule has 0 bridgehead atoms. The standard InChI is InChI=1S/C27H23ClN2O3S/c1-3-17-9-5-7-11-21(17)29-27-30(22-12-8-6-10-18(22)4-2)26(31)25(34-27)14-19-13-23-24(15-20(19)28)33-16-32-23/h5-15H,3-4,16H2,1-2H3. The van der Waals surface area contributed by atoms with E-state index in [1.54, 1.807) is 23.1 Å². The van der Waals surface area contributed by atoms with E-state index in [9.17, 15) is 4.79 Å². The lowest BCUT2D eigenvalue weighted by atomic mass is 10.1. The van der Waals surface area contributed by atoms with Gasteiger partial charge in [0.1, 0.15) is 0 Å². The molecule has 3 aromatic carbocycles. The number of fused-ring (bicyclic) bond motifs is 1. The molecule has 0 radical (unpaired) electrons. The molecular formula is C27H23ClN2O3S. The average molecular weight is 491 g/mol. The molecule has 3 aromatic rings. The minimum absolute atomic E-state index is 0.132. The smallest absolute Gasteiger partial charge is 0.271 e. The predicted octanol–water partition coefficient (Wildman–Crippen LogP) is 7.00. The summed E-state index contributed by atoms with van der Waals surface area (Å²) in [7, 11) is 0. The van der Waals surface area contributed by atoms with Crippen molar-refractivity contribution in [1.29, 1.82) is 0 Å². The number of ether oxygens (including phenoxy) is 2. The van der Waals surface area contributed by atoms with Gasteiger partial charge in [-0.1, -0.05) is 61.8 Å². The summed E-state index contributed by atoms with van der Waals surface area (Å²) < 4.78 is 10.9. The first kappa shape index (κ1) is 22.6. The van der Waals surface area contributed by atoms with Crippen LogP contribution in [0.4, 0.5) is 11.4 Å². The highest BCUT2D eigenvalue weighted by Crippen LogP contribution is 2.42. The van der Waals surface area contributed by atoms with E-state index in [1.165, 1.54) is 11.8 Å². The molecule has 2 aliphatic rings. The van der Waals surface area contributed by atoms with E-state index >= 15 is 0 Å². The molecule has 0 N–H and O–H groups in total. The third kappa shape index (κ3) is 4.19. The summed E-state index contributed by atoms with van der Waals surface area (Å²) in [6, 6.07) is 19.5. The Kier molecular flexibility index (Phi) is 6.35. The van der Waals surface area contributed by atoms with Gasteiger partial charge in [0.25, 0.3) is 5.91 Å². The summed E-state index contributed by atoms with van der Waals surface area (Å²) in [6.07, 6.45) is 3.45. The van der Waals surface area contributed by atoms with Crippen LogP contribution in [0.2, 0.25) is 5.02 Å². The van der Waals surface area contributed by atoms with E-state index in [4.69, 9.17) is 26.1 Å². The number of rotatable bonds is 5. The minimum Gasteiger partial charge on any atom is -0.454 e. The van der Waals surface area contributed by atoms with Gasteiger partial charge in [0, 0.05) is 6.07 Å². The molecule has 2 aliphatic heterocycles. The molecule has 0 aromatic heterocycles. The fourth-order valence-corrected chi connectivity index (χ4v) is 5.18. The molecule has 5 rings (SSSR count). The van der Waals surface area contributed by atoms with Gasteiger partial charge in [0.05, 0.1) is 21.3 Å². The van der Waals surface area contributed by atoms with Crippen LogP contribution in [0.1, 0.15) is 30.5 Å². The van der Waals surface area contributed by atoms with Crippen LogP contribution in [0.25, 0.3) is 6.08 Å². The Balaban J connectivity index is 1.62. The van der Waals surface area contributed by atoms with Crippen molar-refractivity contribution in [1.82, 2.24) is 0 Å². The zero-order chi connectivity index (χ0) is 23.7. The molecule has 0 unspecified atom stereocenters. The second-order valence-electron chi connectivity index (χ2n) is 7.84. The number of anilines is 1. The number of carbonyl (C=O) groups excluding carboxylic acids is 1. The van der Waals surface area contributed by atoms with E-state index in [-0.39, 0.29) is 12.7 Å². The van der Waals surface area contributed by atoms with Gasteiger partial charge in [0.15, 0.2) is 16.7 Å². The topological polar surface area (TPSA) is 51.1 Å². The minimum atomic E-state index is -0.132. The number of carbonyl (C=O) groups is 1. The number of amidine groups is 1. The Labute approximate surface area is 208 Å². The second kappa shape index (κ2) is 9.57. The van der Waals surface area contributed by atoms with Gasteiger partial charge in [-0.15, -0.1) is 0 Å². The maximum Gasteiger partial charge on any atom is 0.271 e. The van der Waals surface area contributed by atoms with Crippen LogP contribution in [0.15, 0.2) is 70.6 Å². The molecule has 0 atom stereocenters. The third-order valence-corrected chi connectivity index (χ3v) is 7.08. The second-order valence-corrected chi connectivity index (χ2v) is 9.25. The number of para-hydroxylation sites is 2. The lowest BCUT2D eigenvalue weighted by Gasteiger charge is -2.19. The molecule has 1 saturated heterocycles. The summed E-state index contributed by atoms with van der Waals surface area (Å²) in [6.45, 7) is 4.34.